The number of rotatable bonds is 2. The molecule has 0 saturated carbocycles. The van der Waals surface area contributed by atoms with Crippen molar-refractivity contribution in [2.75, 3.05) is 0 Å². The highest BCUT2D eigenvalue weighted by Crippen LogP contribution is 2.41. The first kappa shape index (κ1) is 17.8. The molecular weight excluding hydrogens is 280 g/mol. The number of allylic oxidation sites excluding steroid dienone is 3. The van der Waals surface area contributed by atoms with Crippen LogP contribution in [0.5, 0.6) is 0 Å². The SMILES string of the molecule is C/C1=C(\C)c2c(C)c(C)cc(C(C)C)c2/C(C(C)C)=C\[C@@H](C)O1. The van der Waals surface area contributed by atoms with E-state index in [0.29, 0.717) is 11.8 Å². The molecule has 1 nitrogen and oxygen atoms in total. The van der Waals surface area contributed by atoms with E-state index in [9.17, 15) is 0 Å². The minimum atomic E-state index is 0.108. The molecule has 1 aromatic carbocycles. The van der Waals surface area contributed by atoms with Crippen molar-refractivity contribution in [1.82, 2.24) is 0 Å². The van der Waals surface area contributed by atoms with Crippen LogP contribution >= 0.6 is 0 Å². The van der Waals surface area contributed by atoms with Crippen molar-refractivity contribution >= 4 is 11.1 Å². The fraction of sp³-hybridized carbons (Fsp3) is 0.545. The molecule has 0 unspecified atom stereocenters. The number of hydrogen-bond acceptors (Lipinski definition) is 1. The van der Waals surface area contributed by atoms with E-state index in [2.05, 4.69) is 74.5 Å². The summed E-state index contributed by atoms with van der Waals surface area (Å²) in [6, 6.07) is 2.39. The van der Waals surface area contributed by atoms with E-state index in [1.54, 1.807) is 0 Å². The predicted octanol–water partition coefficient (Wildman–Crippen LogP) is 6.64. The number of benzene rings is 1. The second kappa shape index (κ2) is 6.55. The van der Waals surface area contributed by atoms with E-state index in [1.807, 2.05) is 0 Å². The zero-order chi connectivity index (χ0) is 17.5. The van der Waals surface area contributed by atoms with Crippen molar-refractivity contribution in [2.45, 2.75) is 74.3 Å². The van der Waals surface area contributed by atoms with Crippen molar-refractivity contribution in [3.63, 3.8) is 0 Å². The minimum absolute atomic E-state index is 0.108. The second-order valence-electron chi connectivity index (χ2n) is 7.59. The van der Waals surface area contributed by atoms with Gasteiger partial charge in [0.1, 0.15) is 6.10 Å². The fourth-order valence-corrected chi connectivity index (χ4v) is 3.57. The van der Waals surface area contributed by atoms with Crippen LogP contribution < -0.4 is 0 Å². The molecule has 0 spiro atoms. The van der Waals surface area contributed by atoms with Gasteiger partial charge < -0.3 is 4.74 Å². The zero-order valence-corrected chi connectivity index (χ0v) is 16.3. The first-order valence-electron chi connectivity index (χ1n) is 8.85. The zero-order valence-electron chi connectivity index (χ0n) is 16.3. The van der Waals surface area contributed by atoms with Gasteiger partial charge in [-0.3, -0.25) is 0 Å². The molecule has 126 valence electrons. The Morgan fingerprint density at radius 3 is 2.04 bits per heavy atom. The highest BCUT2D eigenvalue weighted by Gasteiger charge is 2.25. The number of hydrogen-bond donors (Lipinski definition) is 0. The lowest BCUT2D eigenvalue weighted by Crippen LogP contribution is -2.15. The van der Waals surface area contributed by atoms with Crippen LogP contribution in [0.3, 0.4) is 0 Å². The smallest absolute Gasteiger partial charge is 0.114 e. The molecule has 1 aliphatic rings. The molecule has 2 rings (SSSR count). The third kappa shape index (κ3) is 3.24. The molecule has 0 aliphatic carbocycles. The van der Waals surface area contributed by atoms with Gasteiger partial charge in [0.15, 0.2) is 0 Å². The molecule has 0 N–H and O–H groups in total. The molecular formula is C22H32O. The number of aryl methyl sites for hydroxylation is 1. The Labute approximate surface area is 142 Å². The van der Waals surface area contributed by atoms with Crippen LogP contribution in [0.15, 0.2) is 17.9 Å². The molecule has 23 heavy (non-hydrogen) atoms. The third-order valence-electron chi connectivity index (χ3n) is 5.09. The summed E-state index contributed by atoms with van der Waals surface area (Å²) in [5.74, 6) is 2.03. The van der Waals surface area contributed by atoms with Gasteiger partial charge in [-0.2, -0.15) is 0 Å². The van der Waals surface area contributed by atoms with Crippen LogP contribution in [0, 0.1) is 19.8 Å². The lowest BCUT2D eigenvalue weighted by molar-refractivity contribution is 0.173. The molecule has 0 aromatic heterocycles. The van der Waals surface area contributed by atoms with Gasteiger partial charge >= 0.3 is 0 Å². The summed E-state index contributed by atoms with van der Waals surface area (Å²) in [4.78, 5) is 0. The predicted molar refractivity (Wildman–Crippen MR) is 102 cm³/mol. The number of fused-ring (bicyclic) bond motifs is 1. The summed E-state index contributed by atoms with van der Waals surface area (Å²) in [5.41, 5.74) is 9.75. The molecule has 0 fully saturated rings. The van der Waals surface area contributed by atoms with E-state index in [4.69, 9.17) is 4.74 Å². The Bertz CT molecular complexity index is 672. The highest BCUT2D eigenvalue weighted by molar-refractivity contribution is 5.85. The monoisotopic (exact) mass is 312 g/mol. The molecule has 1 aliphatic heterocycles. The van der Waals surface area contributed by atoms with Gasteiger partial charge in [-0.1, -0.05) is 33.8 Å². The van der Waals surface area contributed by atoms with E-state index in [-0.39, 0.29) is 6.10 Å². The van der Waals surface area contributed by atoms with Crippen LogP contribution in [0.1, 0.15) is 82.2 Å². The quantitative estimate of drug-likeness (QED) is 0.595. The average Bonchev–Trinajstić information content (AvgIpc) is 2.44. The summed E-state index contributed by atoms with van der Waals surface area (Å²) in [7, 11) is 0. The topological polar surface area (TPSA) is 9.23 Å². The van der Waals surface area contributed by atoms with Crippen molar-refractivity contribution < 1.29 is 4.74 Å². The third-order valence-corrected chi connectivity index (χ3v) is 5.09. The fourth-order valence-electron chi connectivity index (χ4n) is 3.57. The van der Waals surface area contributed by atoms with E-state index in [1.165, 1.54) is 39.0 Å². The lowest BCUT2D eigenvalue weighted by Gasteiger charge is -2.29. The molecule has 0 amide bonds. The van der Waals surface area contributed by atoms with Crippen molar-refractivity contribution in [1.29, 1.82) is 0 Å². The van der Waals surface area contributed by atoms with E-state index >= 15 is 0 Å². The second-order valence-corrected chi connectivity index (χ2v) is 7.59. The van der Waals surface area contributed by atoms with Gasteiger partial charge in [-0.15, -0.1) is 0 Å². The van der Waals surface area contributed by atoms with Crippen LogP contribution in [0.2, 0.25) is 0 Å². The average molecular weight is 312 g/mol. The van der Waals surface area contributed by atoms with Crippen LogP contribution in [-0.4, -0.2) is 6.10 Å². The maximum Gasteiger partial charge on any atom is 0.114 e. The normalized spacial score (nSPS) is 24.0. The summed E-state index contributed by atoms with van der Waals surface area (Å²) in [6.45, 7) is 20.1. The molecule has 0 radical (unpaired) electrons. The standard InChI is InChI=1S/C22H32O/c1-12(2)19-10-14(5)16(7)21-17(8)18(9)23-15(6)11-20(13(3)4)22(19)21/h10-13,15H,1-9H3/b18-17-,20-11-/t15-/m1/s1. The van der Waals surface area contributed by atoms with Crippen molar-refractivity contribution in [2.24, 2.45) is 5.92 Å². The highest BCUT2D eigenvalue weighted by atomic mass is 16.5. The summed E-state index contributed by atoms with van der Waals surface area (Å²) in [5, 5.41) is 0. The van der Waals surface area contributed by atoms with Crippen molar-refractivity contribution in [3.8, 4) is 0 Å². The largest absolute Gasteiger partial charge is 0.491 e. The van der Waals surface area contributed by atoms with E-state index in [0.717, 1.165) is 5.76 Å². The molecule has 1 atom stereocenters. The van der Waals surface area contributed by atoms with Crippen molar-refractivity contribution in [3.05, 3.63) is 45.7 Å². The van der Waals surface area contributed by atoms with Gasteiger partial charge in [0.05, 0.1) is 5.76 Å². The van der Waals surface area contributed by atoms with Gasteiger partial charge in [0, 0.05) is 0 Å². The Kier molecular flexibility index (Phi) is 5.08. The summed E-state index contributed by atoms with van der Waals surface area (Å²) >= 11 is 0. The maximum absolute atomic E-state index is 6.14. The van der Waals surface area contributed by atoms with Gasteiger partial charge in [-0.25, -0.2) is 0 Å². The molecule has 1 aromatic rings. The molecule has 0 saturated heterocycles. The Morgan fingerprint density at radius 1 is 0.913 bits per heavy atom. The minimum Gasteiger partial charge on any atom is -0.491 e. The molecule has 1 heterocycles. The Morgan fingerprint density at radius 2 is 1.52 bits per heavy atom. The van der Waals surface area contributed by atoms with Crippen LogP contribution in [0.4, 0.5) is 0 Å². The van der Waals surface area contributed by atoms with Crippen LogP contribution in [0.25, 0.3) is 11.1 Å². The summed E-state index contributed by atoms with van der Waals surface area (Å²) < 4.78 is 6.14. The van der Waals surface area contributed by atoms with Crippen LogP contribution in [-0.2, 0) is 4.74 Å². The van der Waals surface area contributed by atoms with Gasteiger partial charge in [0.25, 0.3) is 0 Å². The molecule has 0 bridgehead atoms. The lowest BCUT2D eigenvalue weighted by atomic mass is 9.78. The van der Waals surface area contributed by atoms with Gasteiger partial charge in [0.2, 0.25) is 0 Å². The maximum atomic E-state index is 6.14. The van der Waals surface area contributed by atoms with E-state index < -0.39 is 0 Å². The Balaban J connectivity index is 2.98. The molecule has 1 heteroatoms. The van der Waals surface area contributed by atoms with Gasteiger partial charge in [-0.05, 0) is 91.5 Å². The first-order chi connectivity index (χ1) is 10.6. The summed E-state index contributed by atoms with van der Waals surface area (Å²) in [6.07, 6.45) is 2.43. The Hall–Kier alpha value is -1.50. The first-order valence-corrected chi connectivity index (χ1v) is 8.85. The number of ether oxygens (including phenoxy) is 1.